The molecule has 0 bridgehead atoms. The maximum atomic E-state index is 6.00. The number of halogens is 1. The molecule has 0 saturated carbocycles. The van der Waals surface area contributed by atoms with Gasteiger partial charge >= 0.3 is 0 Å². The van der Waals surface area contributed by atoms with Crippen LogP contribution in [0.15, 0.2) is 18.2 Å². The molecule has 0 aliphatic carbocycles. The van der Waals surface area contributed by atoms with Crippen molar-refractivity contribution in [3.8, 4) is 5.75 Å². The first-order chi connectivity index (χ1) is 8.29. The van der Waals surface area contributed by atoms with Crippen molar-refractivity contribution in [2.75, 3.05) is 33.5 Å². The van der Waals surface area contributed by atoms with Crippen LogP contribution in [0.1, 0.15) is 5.56 Å². The van der Waals surface area contributed by atoms with E-state index in [4.69, 9.17) is 31.5 Å². The van der Waals surface area contributed by atoms with Crippen molar-refractivity contribution in [3.63, 3.8) is 0 Å². The molecule has 1 aromatic rings. The SMILES string of the molecule is COCCOCCOc1cccc(Cl)c1CN. The quantitative estimate of drug-likeness (QED) is 0.724. The minimum Gasteiger partial charge on any atom is -0.491 e. The lowest BCUT2D eigenvalue weighted by atomic mass is 10.2. The van der Waals surface area contributed by atoms with Crippen LogP contribution in [0.5, 0.6) is 5.75 Å². The molecule has 5 heteroatoms. The van der Waals surface area contributed by atoms with Crippen LogP contribution in [0.2, 0.25) is 5.02 Å². The van der Waals surface area contributed by atoms with Crippen LogP contribution in [-0.4, -0.2) is 33.5 Å². The molecular weight excluding hydrogens is 242 g/mol. The molecule has 1 rings (SSSR count). The number of hydrogen-bond acceptors (Lipinski definition) is 4. The zero-order chi connectivity index (χ0) is 12.5. The van der Waals surface area contributed by atoms with E-state index in [1.54, 1.807) is 13.2 Å². The summed E-state index contributed by atoms with van der Waals surface area (Å²) in [4.78, 5) is 0. The Bertz CT molecular complexity index is 334. The predicted octanol–water partition coefficient (Wildman–Crippen LogP) is 1.84. The summed E-state index contributed by atoms with van der Waals surface area (Å²) in [6, 6.07) is 5.48. The molecular formula is C12H18ClNO3. The first kappa shape index (κ1) is 14.3. The van der Waals surface area contributed by atoms with Crippen molar-refractivity contribution in [2.45, 2.75) is 6.54 Å². The molecule has 0 unspecified atom stereocenters. The molecule has 17 heavy (non-hydrogen) atoms. The smallest absolute Gasteiger partial charge is 0.125 e. The largest absolute Gasteiger partial charge is 0.491 e. The Morgan fingerprint density at radius 3 is 2.65 bits per heavy atom. The summed E-state index contributed by atoms with van der Waals surface area (Å²) in [7, 11) is 1.64. The van der Waals surface area contributed by atoms with Gasteiger partial charge in [-0.05, 0) is 12.1 Å². The highest BCUT2D eigenvalue weighted by Gasteiger charge is 2.05. The Morgan fingerprint density at radius 2 is 1.94 bits per heavy atom. The minimum atomic E-state index is 0.361. The molecule has 0 fully saturated rings. The molecule has 2 N–H and O–H groups in total. The Kier molecular flexibility index (Phi) is 6.96. The number of rotatable bonds is 8. The molecule has 96 valence electrons. The average molecular weight is 260 g/mol. The van der Waals surface area contributed by atoms with E-state index in [0.29, 0.717) is 38.0 Å². The van der Waals surface area contributed by atoms with Crippen molar-refractivity contribution in [1.29, 1.82) is 0 Å². The van der Waals surface area contributed by atoms with Crippen LogP contribution in [0, 0.1) is 0 Å². The maximum absolute atomic E-state index is 6.00. The van der Waals surface area contributed by atoms with Gasteiger partial charge in [0, 0.05) is 24.2 Å². The van der Waals surface area contributed by atoms with E-state index in [-0.39, 0.29) is 0 Å². The van der Waals surface area contributed by atoms with Crippen molar-refractivity contribution >= 4 is 11.6 Å². The van der Waals surface area contributed by atoms with Crippen molar-refractivity contribution in [3.05, 3.63) is 28.8 Å². The molecule has 0 radical (unpaired) electrons. The molecule has 0 aliphatic heterocycles. The van der Waals surface area contributed by atoms with Crippen molar-refractivity contribution < 1.29 is 14.2 Å². The Hall–Kier alpha value is -0.810. The second-order valence-corrected chi connectivity index (χ2v) is 3.78. The third-order valence-corrected chi connectivity index (χ3v) is 2.55. The van der Waals surface area contributed by atoms with Crippen LogP contribution in [0.25, 0.3) is 0 Å². The lowest BCUT2D eigenvalue weighted by molar-refractivity contribution is 0.0543. The Morgan fingerprint density at radius 1 is 1.18 bits per heavy atom. The van der Waals surface area contributed by atoms with Crippen LogP contribution in [-0.2, 0) is 16.0 Å². The minimum absolute atomic E-state index is 0.361. The standard InChI is InChI=1S/C12H18ClNO3/c1-15-5-6-16-7-8-17-12-4-2-3-11(13)10(12)9-14/h2-4H,5-9,14H2,1H3. The summed E-state index contributed by atoms with van der Waals surface area (Å²) in [5, 5.41) is 0.630. The van der Waals surface area contributed by atoms with E-state index < -0.39 is 0 Å². The van der Waals surface area contributed by atoms with E-state index in [2.05, 4.69) is 0 Å². The van der Waals surface area contributed by atoms with Gasteiger partial charge in [0.2, 0.25) is 0 Å². The first-order valence-electron chi connectivity index (χ1n) is 5.46. The lowest BCUT2D eigenvalue weighted by Crippen LogP contribution is -2.11. The van der Waals surface area contributed by atoms with Gasteiger partial charge in [-0.2, -0.15) is 0 Å². The lowest BCUT2D eigenvalue weighted by Gasteiger charge is -2.11. The molecule has 0 aliphatic rings. The second kappa shape index (κ2) is 8.31. The van der Waals surface area contributed by atoms with E-state index in [0.717, 1.165) is 11.3 Å². The summed E-state index contributed by atoms with van der Waals surface area (Å²) in [5.41, 5.74) is 6.43. The van der Waals surface area contributed by atoms with E-state index >= 15 is 0 Å². The van der Waals surface area contributed by atoms with Gasteiger partial charge in [-0.1, -0.05) is 17.7 Å². The highest BCUT2D eigenvalue weighted by atomic mass is 35.5. The van der Waals surface area contributed by atoms with Crippen LogP contribution >= 0.6 is 11.6 Å². The van der Waals surface area contributed by atoms with Crippen LogP contribution in [0.3, 0.4) is 0 Å². The third-order valence-electron chi connectivity index (χ3n) is 2.20. The van der Waals surface area contributed by atoms with Crippen molar-refractivity contribution in [1.82, 2.24) is 0 Å². The fourth-order valence-electron chi connectivity index (χ4n) is 1.33. The number of nitrogens with two attached hydrogens (primary N) is 1. The normalized spacial score (nSPS) is 10.5. The van der Waals surface area contributed by atoms with Gasteiger partial charge in [0.1, 0.15) is 12.4 Å². The predicted molar refractivity (Wildman–Crippen MR) is 67.5 cm³/mol. The van der Waals surface area contributed by atoms with Gasteiger partial charge in [-0.25, -0.2) is 0 Å². The molecule has 0 heterocycles. The molecule has 4 nitrogen and oxygen atoms in total. The van der Waals surface area contributed by atoms with Crippen LogP contribution in [0.4, 0.5) is 0 Å². The first-order valence-corrected chi connectivity index (χ1v) is 5.84. The van der Waals surface area contributed by atoms with Gasteiger partial charge in [0.25, 0.3) is 0 Å². The average Bonchev–Trinajstić information content (AvgIpc) is 2.34. The molecule has 0 atom stereocenters. The van der Waals surface area contributed by atoms with Gasteiger partial charge in [-0.3, -0.25) is 0 Å². The maximum Gasteiger partial charge on any atom is 0.125 e. The number of hydrogen-bond donors (Lipinski definition) is 1. The summed E-state index contributed by atoms with van der Waals surface area (Å²) in [6.45, 7) is 2.50. The molecule has 1 aromatic carbocycles. The number of benzene rings is 1. The van der Waals surface area contributed by atoms with Gasteiger partial charge in [-0.15, -0.1) is 0 Å². The number of methoxy groups -OCH3 is 1. The summed E-state index contributed by atoms with van der Waals surface area (Å²) in [5.74, 6) is 0.718. The van der Waals surface area contributed by atoms with E-state index in [9.17, 15) is 0 Å². The monoisotopic (exact) mass is 259 g/mol. The molecule has 0 saturated heterocycles. The molecule has 0 aromatic heterocycles. The highest BCUT2D eigenvalue weighted by Crippen LogP contribution is 2.25. The second-order valence-electron chi connectivity index (χ2n) is 3.37. The fourth-order valence-corrected chi connectivity index (χ4v) is 1.57. The van der Waals surface area contributed by atoms with Crippen LogP contribution < -0.4 is 10.5 Å². The summed E-state index contributed by atoms with van der Waals surface area (Å²) in [6.07, 6.45) is 0. The summed E-state index contributed by atoms with van der Waals surface area (Å²) < 4.78 is 15.7. The highest BCUT2D eigenvalue weighted by molar-refractivity contribution is 6.31. The Labute approximate surface area is 107 Å². The van der Waals surface area contributed by atoms with Gasteiger partial charge in [0.05, 0.1) is 19.8 Å². The zero-order valence-corrected chi connectivity index (χ0v) is 10.7. The van der Waals surface area contributed by atoms with Gasteiger partial charge < -0.3 is 19.9 Å². The van der Waals surface area contributed by atoms with E-state index in [1.807, 2.05) is 12.1 Å². The zero-order valence-electron chi connectivity index (χ0n) is 9.95. The number of ether oxygens (including phenoxy) is 3. The third kappa shape index (κ3) is 4.91. The Balaban J connectivity index is 2.33. The summed E-state index contributed by atoms with van der Waals surface area (Å²) >= 11 is 6.00. The van der Waals surface area contributed by atoms with Crippen molar-refractivity contribution in [2.24, 2.45) is 5.73 Å². The molecule has 0 amide bonds. The van der Waals surface area contributed by atoms with E-state index in [1.165, 1.54) is 0 Å². The van der Waals surface area contributed by atoms with Gasteiger partial charge in [0.15, 0.2) is 0 Å². The molecule has 0 spiro atoms. The fraction of sp³-hybridized carbons (Fsp3) is 0.500. The topological polar surface area (TPSA) is 53.7 Å².